The van der Waals surface area contributed by atoms with E-state index in [9.17, 15) is 4.79 Å². The van der Waals surface area contributed by atoms with E-state index < -0.39 is 0 Å². The summed E-state index contributed by atoms with van der Waals surface area (Å²) in [6.45, 7) is 5.31. The van der Waals surface area contributed by atoms with Gasteiger partial charge in [-0.2, -0.15) is 0 Å². The van der Waals surface area contributed by atoms with E-state index in [-0.39, 0.29) is 5.91 Å². The van der Waals surface area contributed by atoms with Crippen molar-refractivity contribution in [3.8, 4) is 0 Å². The molecule has 1 rings (SSSR count). The first-order valence-electron chi connectivity index (χ1n) is 4.85. The summed E-state index contributed by atoms with van der Waals surface area (Å²) >= 11 is 1.32. The molecular formula is C9H16N4OS. The van der Waals surface area contributed by atoms with E-state index >= 15 is 0 Å². The minimum Gasteiger partial charge on any atom is -0.382 e. The molecule has 0 saturated heterocycles. The van der Waals surface area contributed by atoms with Gasteiger partial charge in [0, 0.05) is 20.1 Å². The third kappa shape index (κ3) is 2.59. The normalized spacial score (nSPS) is 10.1. The molecule has 0 aliphatic heterocycles. The maximum absolute atomic E-state index is 11.6. The van der Waals surface area contributed by atoms with E-state index in [1.165, 1.54) is 11.3 Å². The molecule has 1 aromatic rings. The number of anilines is 2. The van der Waals surface area contributed by atoms with E-state index in [0.29, 0.717) is 17.2 Å². The number of nitrogens with zero attached hydrogens (tertiary/aromatic N) is 2. The first kappa shape index (κ1) is 11.8. The molecule has 3 N–H and O–H groups in total. The maximum Gasteiger partial charge on any atom is 0.265 e. The monoisotopic (exact) mass is 228 g/mol. The predicted octanol–water partition coefficient (Wildman–Crippen LogP) is 0.931. The Kier molecular flexibility index (Phi) is 3.90. The summed E-state index contributed by atoms with van der Waals surface area (Å²) in [5.41, 5.74) is 5.68. The molecule has 0 bridgehead atoms. The molecule has 0 spiro atoms. The second-order valence-corrected chi connectivity index (χ2v) is 4.06. The molecule has 1 aromatic heterocycles. The van der Waals surface area contributed by atoms with Crippen LogP contribution in [0.2, 0.25) is 0 Å². The van der Waals surface area contributed by atoms with Crippen molar-refractivity contribution in [3.63, 3.8) is 0 Å². The molecule has 1 amide bonds. The topological polar surface area (TPSA) is 71.2 Å². The maximum atomic E-state index is 11.6. The zero-order chi connectivity index (χ0) is 11.4. The minimum absolute atomic E-state index is 0.150. The van der Waals surface area contributed by atoms with Crippen molar-refractivity contribution in [2.45, 2.75) is 13.8 Å². The average molecular weight is 228 g/mol. The Hall–Kier alpha value is -1.30. The molecule has 0 radical (unpaired) electrons. The van der Waals surface area contributed by atoms with Gasteiger partial charge in [-0.1, -0.05) is 11.3 Å². The Balaban J connectivity index is 2.90. The van der Waals surface area contributed by atoms with E-state index in [4.69, 9.17) is 5.73 Å². The highest BCUT2D eigenvalue weighted by molar-refractivity contribution is 7.18. The Morgan fingerprint density at radius 2 is 2.27 bits per heavy atom. The molecule has 5 nitrogen and oxygen atoms in total. The summed E-state index contributed by atoms with van der Waals surface area (Å²) in [7, 11) is 1.92. The first-order chi connectivity index (χ1) is 7.10. The zero-order valence-electron chi connectivity index (χ0n) is 9.20. The van der Waals surface area contributed by atoms with Crippen LogP contribution in [-0.4, -0.2) is 31.0 Å². The summed E-state index contributed by atoms with van der Waals surface area (Å²) in [6.07, 6.45) is 0. The summed E-state index contributed by atoms with van der Waals surface area (Å²) in [5.74, 6) is 0.157. The van der Waals surface area contributed by atoms with Gasteiger partial charge in [-0.15, -0.1) is 0 Å². The molecule has 0 fully saturated rings. The summed E-state index contributed by atoms with van der Waals surface area (Å²) in [6, 6.07) is 0. The molecule has 6 heteroatoms. The lowest BCUT2D eigenvalue weighted by Crippen LogP contribution is -2.22. The smallest absolute Gasteiger partial charge is 0.265 e. The standard InChI is InChI=1S/C9H16N4OS/c1-4-11-8(14)6-7(10)12-9(15-6)13(3)5-2/h4-5,10H2,1-3H3,(H,11,14). The molecule has 15 heavy (non-hydrogen) atoms. The van der Waals surface area contributed by atoms with E-state index in [1.807, 2.05) is 25.8 Å². The van der Waals surface area contributed by atoms with Crippen LogP contribution in [0, 0.1) is 0 Å². The van der Waals surface area contributed by atoms with Crippen LogP contribution in [0.15, 0.2) is 0 Å². The van der Waals surface area contributed by atoms with Gasteiger partial charge in [0.25, 0.3) is 5.91 Å². The van der Waals surface area contributed by atoms with Gasteiger partial charge in [-0.3, -0.25) is 4.79 Å². The summed E-state index contributed by atoms with van der Waals surface area (Å²) in [4.78, 5) is 18.1. The van der Waals surface area contributed by atoms with E-state index in [1.54, 1.807) is 0 Å². The average Bonchev–Trinajstić information content (AvgIpc) is 2.59. The highest BCUT2D eigenvalue weighted by Gasteiger charge is 2.16. The lowest BCUT2D eigenvalue weighted by molar-refractivity contribution is 0.0960. The fourth-order valence-corrected chi connectivity index (χ4v) is 1.95. The van der Waals surface area contributed by atoms with Crippen molar-refractivity contribution in [1.29, 1.82) is 0 Å². The van der Waals surface area contributed by atoms with Crippen molar-refractivity contribution in [2.75, 3.05) is 30.8 Å². The fraction of sp³-hybridized carbons (Fsp3) is 0.556. The third-order valence-corrected chi connectivity index (χ3v) is 3.17. The Bertz CT molecular complexity index is 350. The number of nitrogens with one attached hydrogen (secondary N) is 1. The summed E-state index contributed by atoms with van der Waals surface area (Å²) in [5, 5.41) is 3.48. The van der Waals surface area contributed by atoms with Crippen LogP contribution in [0.5, 0.6) is 0 Å². The van der Waals surface area contributed by atoms with Crippen molar-refractivity contribution >= 4 is 28.2 Å². The van der Waals surface area contributed by atoms with Gasteiger partial charge in [-0.25, -0.2) is 4.98 Å². The van der Waals surface area contributed by atoms with E-state index in [0.717, 1.165) is 11.7 Å². The summed E-state index contributed by atoms with van der Waals surface area (Å²) < 4.78 is 0. The van der Waals surface area contributed by atoms with Crippen molar-refractivity contribution in [1.82, 2.24) is 10.3 Å². The number of carbonyl (C=O) groups excluding carboxylic acids is 1. The molecule has 0 aromatic carbocycles. The van der Waals surface area contributed by atoms with Gasteiger partial charge >= 0.3 is 0 Å². The van der Waals surface area contributed by atoms with Gasteiger partial charge in [0.1, 0.15) is 10.7 Å². The number of aromatic nitrogens is 1. The number of rotatable bonds is 4. The van der Waals surface area contributed by atoms with Crippen LogP contribution in [0.1, 0.15) is 23.5 Å². The van der Waals surface area contributed by atoms with Gasteiger partial charge in [0.15, 0.2) is 5.13 Å². The Morgan fingerprint density at radius 3 is 2.80 bits per heavy atom. The van der Waals surface area contributed by atoms with Crippen LogP contribution in [-0.2, 0) is 0 Å². The third-order valence-electron chi connectivity index (χ3n) is 1.99. The van der Waals surface area contributed by atoms with Crippen molar-refractivity contribution in [3.05, 3.63) is 4.88 Å². The molecule has 1 heterocycles. The second kappa shape index (κ2) is 4.97. The minimum atomic E-state index is -0.150. The van der Waals surface area contributed by atoms with Crippen molar-refractivity contribution in [2.24, 2.45) is 0 Å². The number of thiazole rings is 1. The van der Waals surface area contributed by atoms with Gasteiger partial charge in [0.2, 0.25) is 0 Å². The van der Waals surface area contributed by atoms with Gasteiger partial charge in [-0.05, 0) is 13.8 Å². The molecule has 0 saturated carbocycles. The first-order valence-corrected chi connectivity index (χ1v) is 5.67. The predicted molar refractivity (Wildman–Crippen MR) is 63.5 cm³/mol. The van der Waals surface area contributed by atoms with Crippen LogP contribution in [0.25, 0.3) is 0 Å². The van der Waals surface area contributed by atoms with Crippen LogP contribution >= 0.6 is 11.3 Å². The molecule has 0 unspecified atom stereocenters. The largest absolute Gasteiger partial charge is 0.382 e. The number of amides is 1. The molecule has 84 valence electrons. The highest BCUT2D eigenvalue weighted by Crippen LogP contribution is 2.26. The SMILES string of the molecule is CCNC(=O)c1sc(N(C)CC)nc1N. The van der Waals surface area contributed by atoms with Gasteiger partial charge < -0.3 is 16.0 Å². The number of nitrogen functional groups attached to an aromatic ring is 1. The quantitative estimate of drug-likeness (QED) is 0.804. The van der Waals surface area contributed by atoms with Crippen LogP contribution in [0.4, 0.5) is 10.9 Å². The lowest BCUT2D eigenvalue weighted by Gasteiger charge is -2.10. The number of hydrogen-bond acceptors (Lipinski definition) is 5. The highest BCUT2D eigenvalue weighted by atomic mass is 32.1. The number of hydrogen-bond donors (Lipinski definition) is 2. The number of nitrogens with two attached hydrogens (primary N) is 1. The Labute approximate surface area is 93.3 Å². The fourth-order valence-electron chi connectivity index (χ4n) is 1.02. The lowest BCUT2D eigenvalue weighted by atomic mass is 10.4. The Morgan fingerprint density at radius 1 is 1.60 bits per heavy atom. The number of carbonyl (C=O) groups is 1. The molecule has 0 aliphatic carbocycles. The van der Waals surface area contributed by atoms with Gasteiger partial charge in [0.05, 0.1) is 0 Å². The zero-order valence-corrected chi connectivity index (χ0v) is 10.0. The second-order valence-electron chi connectivity index (χ2n) is 3.08. The van der Waals surface area contributed by atoms with Crippen molar-refractivity contribution < 1.29 is 4.79 Å². The molecule has 0 aliphatic rings. The molecule has 0 atom stereocenters. The van der Waals surface area contributed by atoms with E-state index in [2.05, 4.69) is 10.3 Å². The molecular weight excluding hydrogens is 212 g/mol. The van der Waals surface area contributed by atoms with Crippen LogP contribution < -0.4 is 16.0 Å². The van der Waals surface area contributed by atoms with Crippen LogP contribution in [0.3, 0.4) is 0 Å².